The van der Waals surface area contributed by atoms with Gasteiger partial charge < -0.3 is 5.32 Å². The lowest BCUT2D eigenvalue weighted by Crippen LogP contribution is -2.11. The topological polar surface area (TPSA) is 29.1 Å². The van der Waals surface area contributed by atoms with Crippen molar-refractivity contribution in [2.24, 2.45) is 0 Å². The van der Waals surface area contributed by atoms with Crippen LogP contribution in [-0.4, -0.2) is 5.91 Å². The summed E-state index contributed by atoms with van der Waals surface area (Å²) < 4.78 is 27.5. The van der Waals surface area contributed by atoms with Gasteiger partial charge in [-0.3, -0.25) is 4.79 Å². The van der Waals surface area contributed by atoms with Crippen LogP contribution in [0.2, 0.25) is 0 Å². The molecule has 0 saturated heterocycles. The Morgan fingerprint density at radius 1 is 1.05 bits per heavy atom. The van der Waals surface area contributed by atoms with Crippen molar-refractivity contribution in [3.8, 4) is 0 Å². The first-order valence-electron chi connectivity index (χ1n) is 5.88. The van der Waals surface area contributed by atoms with E-state index < -0.39 is 17.5 Å². The number of benzene rings is 2. The molecule has 1 amide bonds. The van der Waals surface area contributed by atoms with E-state index in [1.54, 1.807) is 6.07 Å². The normalized spacial score (nSPS) is 10.7. The summed E-state index contributed by atoms with van der Waals surface area (Å²) in [5.41, 5.74) is -0.160. The maximum absolute atomic E-state index is 13.5. The SMILES string of the molecule is O=C(Nc1cc(F)ccc1F)c1cc2ccccc2s1. The zero-order valence-electron chi connectivity index (χ0n) is 10.2. The van der Waals surface area contributed by atoms with Crippen molar-refractivity contribution >= 4 is 33.0 Å². The van der Waals surface area contributed by atoms with Gasteiger partial charge in [-0.1, -0.05) is 18.2 Å². The number of thiophene rings is 1. The van der Waals surface area contributed by atoms with Crippen LogP contribution in [0.25, 0.3) is 10.1 Å². The number of rotatable bonds is 2. The fourth-order valence-corrected chi connectivity index (χ4v) is 2.83. The minimum absolute atomic E-state index is 0.160. The molecule has 3 aromatic rings. The van der Waals surface area contributed by atoms with Crippen LogP contribution in [-0.2, 0) is 0 Å². The highest BCUT2D eigenvalue weighted by atomic mass is 32.1. The Kier molecular flexibility index (Phi) is 3.20. The highest BCUT2D eigenvalue weighted by Crippen LogP contribution is 2.26. The Morgan fingerprint density at radius 2 is 1.85 bits per heavy atom. The van der Waals surface area contributed by atoms with Crippen molar-refractivity contribution in [2.75, 3.05) is 5.32 Å². The molecule has 0 bridgehead atoms. The van der Waals surface area contributed by atoms with Gasteiger partial charge in [0.1, 0.15) is 11.6 Å². The van der Waals surface area contributed by atoms with Gasteiger partial charge in [0.2, 0.25) is 0 Å². The minimum atomic E-state index is -0.666. The molecule has 0 spiro atoms. The monoisotopic (exact) mass is 289 g/mol. The largest absolute Gasteiger partial charge is 0.319 e. The lowest BCUT2D eigenvalue weighted by molar-refractivity contribution is 0.103. The molecular formula is C15H9F2NOS. The fraction of sp³-hybridized carbons (Fsp3) is 0. The summed E-state index contributed by atoms with van der Waals surface area (Å²) in [4.78, 5) is 12.5. The van der Waals surface area contributed by atoms with Gasteiger partial charge in [0.25, 0.3) is 5.91 Å². The molecule has 0 radical (unpaired) electrons. The van der Waals surface area contributed by atoms with Crippen molar-refractivity contribution in [3.63, 3.8) is 0 Å². The predicted molar refractivity (Wildman–Crippen MR) is 76.1 cm³/mol. The van der Waals surface area contributed by atoms with E-state index in [2.05, 4.69) is 5.32 Å². The Morgan fingerprint density at radius 3 is 2.65 bits per heavy atom. The minimum Gasteiger partial charge on any atom is -0.319 e. The molecule has 0 aliphatic carbocycles. The first-order chi connectivity index (χ1) is 9.63. The van der Waals surface area contributed by atoms with Gasteiger partial charge in [-0.15, -0.1) is 11.3 Å². The van der Waals surface area contributed by atoms with E-state index >= 15 is 0 Å². The molecule has 1 heterocycles. The van der Waals surface area contributed by atoms with Gasteiger partial charge in [-0.25, -0.2) is 8.78 Å². The van der Waals surface area contributed by atoms with E-state index in [0.29, 0.717) is 4.88 Å². The van der Waals surface area contributed by atoms with Crippen molar-refractivity contribution in [2.45, 2.75) is 0 Å². The van der Waals surface area contributed by atoms with Gasteiger partial charge in [-0.2, -0.15) is 0 Å². The van der Waals surface area contributed by atoms with Crippen molar-refractivity contribution in [1.82, 2.24) is 0 Å². The third-order valence-corrected chi connectivity index (χ3v) is 3.94. The van der Waals surface area contributed by atoms with Gasteiger partial charge in [-0.05, 0) is 29.7 Å². The molecule has 0 atom stereocenters. The summed E-state index contributed by atoms with van der Waals surface area (Å²) in [6.07, 6.45) is 0. The van der Waals surface area contributed by atoms with Crippen LogP contribution in [0.5, 0.6) is 0 Å². The van der Waals surface area contributed by atoms with Gasteiger partial charge >= 0.3 is 0 Å². The second kappa shape index (κ2) is 5.02. The molecule has 0 aliphatic rings. The molecule has 0 saturated carbocycles. The lowest BCUT2D eigenvalue weighted by atomic mass is 10.2. The highest BCUT2D eigenvalue weighted by Gasteiger charge is 2.13. The molecule has 1 aromatic heterocycles. The van der Waals surface area contributed by atoms with Gasteiger partial charge in [0.05, 0.1) is 10.6 Å². The molecule has 0 unspecified atom stereocenters. The number of amides is 1. The maximum atomic E-state index is 13.5. The number of hydrogen-bond acceptors (Lipinski definition) is 2. The molecule has 1 N–H and O–H groups in total. The molecule has 5 heteroatoms. The highest BCUT2D eigenvalue weighted by molar-refractivity contribution is 7.20. The second-order valence-electron chi connectivity index (χ2n) is 4.23. The molecule has 20 heavy (non-hydrogen) atoms. The summed E-state index contributed by atoms with van der Waals surface area (Å²) in [5.74, 6) is -1.71. The number of fused-ring (bicyclic) bond motifs is 1. The summed E-state index contributed by atoms with van der Waals surface area (Å²) in [6, 6.07) is 12.2. The zero-order chi connectivity index (χ0) is 14.1. The van der Waals surface area contributed by atoms with Crippen LogP contribution >= 0.6 is 11.3 Å². The van der Waals surface area contributed by atoms with Crippen LogP contribution in [0.1, 0.15) is 9.67 Å². The summed E-state index contributed by atoms with van der Waals surface area (Å²) in [5, 5.41) is 3.33. The summed E-state index contributed by atoms with van der Waals surface area (Å²) in [7, 11) is 0. The summed E-state index contributed by atoms with van der Waals surface area (Å²) in [6.45, 7) is 0. The number of carbonyl (C=O) groups is 1. The van der Waals surface area contributed by atoms with Gasteiger partial charge in [0.15, 0.2) is 0 Å². The molecule has 0 fully saturated rings. The smallest absolute Gasteiger partial charge is 0.265 e. The van der Waals surface area contributed by atoms with E-state index in [0.717, 1.165) is 28.3 Å². The first-order valence-corrected chi connectivity index (χ1v) is 6.70. The third-order valence-electron chi connectivity index (χ3n) is 2.83. The fourth-order valence-electron chi connectivity index (χ4n) is 1.87. The molecule has 0 aliphatic heterocycles. The lowest BCUT2D eigenvalue weighted by Gasteiger charge is -2.04. The van der Waals surface area contributed by atoms with E-state index in [4.69, 9.17) is 0 Å². The Bertz CT molecular complexity index is 764. The van der Waals surface area contributed by atoms with Crippen molar-refractivity contribution < 1.29 is 13.6 Å². The third kappa shape index (κ3) is 2.40. The number of anilines is 1. The molecule has 2 aromatic carbocycles. The number of hydrogen-bond donors (Lipinski definition) is 1. The Hall–Kier alpha value is -2.27. The zero-order valence-corrected chi connectivity index (χ0v) is 11.0. The average Bonchev–Trinajstić information content (AvgIpc) is 2.87. The standard InChI is InChI=1S/C15H9F2NOS/c16-10-5-6-11(17)12(8-10)18-15(19)14-7-9-3-1-2-4-13(9)20-14/h1-8H,(H,18,19). The molecule has 2 nitrogen and oxygen atoms in total. The Balaban J connectivity index is 1.90. The summed E-state index contributed by atoms with van der Waals surface area (Å²) >= 11 is 1.31. The van der Waals surface area contributed by atoms with Crippen LogP contribution in [0.15, 0.2) is 48.5 Å². The van der Waals surface area contributed by atoms with Crippen molar-refractivity contribution in [3.05, 3.63) is 65.0 Å². The van der Waals surface area contributed by atoms with Crippen LogP contribution in [0, 0.1) is 11.6 Å². The quantitative estimate of drug-likeness (QED) is 0.743. The average molecular weight is 289 g/mol. The van der Waals surface area contributed by atoms with E-state index in [1.165, 1.54) is 11.3 Å². The van der Waals surface area contributed by atoms with Crippen LogP contribution in [0.3, 0.4) is 0 Å². The second-order valence-corrected chi connectivity index (χ2v) is 5.31. The molecule has 100 valence electrons. The number of carbonyl (C=O) groups excluding carboxylic acids is 1. The molecular weight excluding hydrogens is 280 g/mol. The van der Waals surface area contributed by atoms with E-state index in [9.17, 15) is 13.6 Å². The van der Waals surface area contributed by atoms with Crippen LogP contribution < -0.4 is 5.32 Å². The van der Waals surface area contributed by atoms with E-state index in [-0.39, 0.29) is 5.69 Å². The predicted octanol–water partition coefficient (Wildman–Crippen LogP) is 4.43. The van der Waals surface area contributed by atoms with Crippen LogP contribution in [0.4, 0.5) is 14.5 Å². The van der Waals surface area contributed by atoms with E-state index in [1.807, 2.05) is 24.3 Å². The first kappa shape index (κ1) is 12.7. The molecule has 3 rings (SSSR count). The number of nitrogens with one attached hydrogen (secondary N) is 1. The van der Waals surface area contributed by atoms with Gasteiger partial charge in [0, 0.05) is 10.8 Å². The Labute approximate surface area is 117 Å². The number of halogens is 2. The maximum Gasteiger partial charge on any atom is 0.265 e. The van der Waals surface area contributed by atoms with Crippen molar-refractivity contribution in [1.29, 1.82) is 0 Å².